The molecule has 9 heteroatoms. The SMILES string of the molecule is COC(=O)C(Cc1ccc(OCCc2nc(-c3cc(C)on3)sc2C)cc1)Nc1ccccc1C(=O)c1ccccc1. The molecule has 0 saturated heterocycles. The summed E-state index contributed by atoms with van der Waals surface area (Å²) < 4.78 is 16.2. The van der Waals surface area contributed by atoms with Crippen LogP contribution >= 0.6 is 11.3 Å². The van der Waals surface area contributed by atoms with Gasteiger partial charge >= 0.3 is 5.97 Å². The molecule has 0 aliphatic heterocycles. The van der Waals surface area contributed by atoms with E-state index in [1.807, 2.05) is 68.4 Å². The van der Waals surface area contributed by atoms with Gasteiger partial charge in [-0.05, 0) is 43.7 Å². The molecule has 1 unspecified atom stereocenters. The van der Waals surface area contributed by atoms with Crippen LogP contribution in [0.3, 0.4) is 0 Å². The maximum absolute atomic E-state index is 13.2. The van der Waals surface area contributed by atoms with Gasteiger partial charge in [-0.3, -0.25) is 4.79 Å². The summed E-state index contributed by atoms with van der Waals surface area (Å²) >= 11 is 1.59. The highest BCUT2D eigenvalue weighted by Crippen LogP contribution is 2.28. The Hall–Kier alpha value is -4.76. The molecule has 5 aromatic rings. The van der Waals surface area contributed by atoms with Crippen LogP contribution in [0.5, 0.6) is 5.75 Å². The molecular weight excluding hydrogens is 550 g/mol. The summed E-state index contributed by atoms with van der Waals surface area (Å²) in [6.07, 6.45) is 1.03. The van der Waals surface area contributed by atoms with E-state index in [1.54, 1.807) is 41.7 Å². The molecule has 3 aromatic carbocycles. The molecule has 0 saturated carbocycles. The standard InChI is InChI=1S/C33H31N3O5S/c1-21-19-29(36-41-21)32-35-27(22(2)42-32)17-18-40-25-15-13-23(14-16-25)20-30(33(38)39-3)34-28-12-8-7-11-26(28)31(37)24-9-5-4-6-10-24/h4-16,19,30,34H,17-18,20H2,1-3H3. The lowest BCUT2D eigenvalue weighted by Crippen LogP contribution is -2.33. The minimum Gasteiger partial charge on any atom is -0.493 e. The number of ketones is 1. The summed E-state index contributed by atoms with van der Waals surface area (Å²) in [5, 5.41) is 8.13. The number of nitrogens with zero attached hydrogens (tertiary/aromatic N) is 2. The minimum absolute atomic E-state index is 0.124. The van der Waals surface area contributed by atoms with Crippen molar-refractivity contribution < 1.29 is 23.6 Å². The molecule has 5 rings (SSSR count). The van der Waals surface area contributed by atoms with Crippen molar-refractivity contribution in [3.05, 3.63) is 118 Å². The molecule has 0 amide bonds. The van der Waals surface area contributed by atoms with Crippen LogP contribution in [-0.4, -0.2) is 41.7 Å². The topological polar surface area (TPSA) is 104 Å². The monoisotopic (exact) mass is 581 g/mol. The van der Waals surface area contributed by atoms with E-state index >= 15 is 0 Å². The number of thiazole rings is 1. The number of nitrogens with one attached hydrogen (secondary N) is 1. The predicted molar refractivity (Wildman–Crippen MR) is 162 cm³/mol. The zero-order chi connectivity index (χ0) is 29.5. The molecule has 0 aliphatic carbocycles. The maximum Gasteiger partial charge on any atom is 0.328 e. The molecule has 42 heavy (non-hydrogen) atoms. The van der Waals surface area contributed by atoms with Gasteiger partial charge in [-0.15, -0.1) is 11.3 Å². The van der Waals surface area contributed by atoms with Crippen LogP contribution < -0.4 is 10.1 Å². The Bertz CT molecular complexity index is 1660. The Morgan fingerprint density at radius 2 is 1.71 bits per heavy atom. The average molecular weight is 582 g/mol. The quantitative estimate of drug-likeness (QED) is 0.132. The number of aromatic nitrogens is 2. The zero-order valence-electron chi connectivity index (χ0n) is 23.6. The number of rotatable bonds is 12. The van der Waals surface area contributed by atoms with Gasteiger partial charge in [0, 0.05) is 40.6 Å². The van der Waals surface area contributed by atoms with Crippen molar-refractivity contribution in [2.24, 2.45) is 0 Å². The first-order chi connectivity index (χ1) is 20.4. The van der Waals surface area contributed by atoms with E-state index in [0.717, 1.165) is 38.3 Å². The number of hydrogen-bond acceptors (Lipinski definition) is 9. The molecule has 1 atom stereocenters. The van der Waals surface area contributed by atoms with Gasteiger partial charge < -0.3 is 19.3 Å². The molecule has 1 N–H and O–H groups in total. The fourth-order valence-corrected chi connectivity index (χ4v) is 5.45. The highest BCUT2D eigenvalue weighted by atomic mass is 32.1. The first-order valence-corrected chi connectivity index (χ1v) is 14.4. The van der Waals surface area contributed by atoms with Crippen LogP contribution in [0, 0.1) is 13.8 Å². The Kier molecular flexibility index (Phi) is 9.08. The summed E-state index contributed by atoms with van der Waals surface area (Å²) in [4.78, 5) is 31.7. The highest BCUT2D eigenvalue weighted by Gasteiger charge is 2.23. The van der Waals surface area contributed by atoms with Crippen LogP contribution in [-0.2, 0) is 22.4 Å². The summed E-state index contributed by atoms with van der Waals surface area (Å²) in [7, 11) is 1.36. The van der Waals surface area contributed by atoms with Crippen molar-refractivity contribution >= 4 is 28.8 Å². The Labute approximate surface area is 248 Å². The zero-order valence-corrected chi connectivity index (χ0v) is 24.4. The molecule has 0 bridgehead atoms. The summed E-state index contributed by atoms with van der Waals surface area (Å²) in [5.74, 6) is 0.931. The number of para-hydroxylation sites is 1. The molecule has 2 aromatic heterocycles. The van der Waals surface area contributed by atoms with Crippen LogP contribution in [0.2, 0.25) is 0 Å². The van der Waals surface area contributed by atoms with Gasteiger partial charge in [-0.25, -0.2) is 9.78 Å². The Morgan fingerprint density at radius 1 is 0.976 bits per heavy atom. The number of benzene rings is 3. The normalized spacial score (nSPS) is 11.6. The summed E-state index contributed by atoms with van der Waals surface area (Å²) in [6.45, 7) is 4.37. The van der Waals surface area contributed by atoms with Crippen molar-refractivity contribution in [2.45, 2.75) is 32.7 Å². The van der Waals surface area contributed by atoms with Gasteiger partial charge in [0.1, 0.15) is 28.3 Å². The molecule has 0 aliphatic rings. The molecule has 0 spiro atoms. The van der Waals surface area contributed by atoms with Crippen molar-refractivity contribution in [2.75, 3.05) is 19.0 Å². The molecule has 214 valence electrons. The van der Waals surface area contributed by atoms with Gasteiger partial charge in [0.2, 0.25) is 0 Å². The van der Waals surface area contributed by atoms with Crippen molar-refractivity contribution in [1.82, 2.24) is 10.1 Å². The first-order valence-electron chi connectivity index (χ1n) is 13.6. The van der Waals surface area contributed by atoms with Crippen LogP contribution in [0.15, 0.2) is 89.5 Å². The number of carbonyl (C=O) groups excluding carboxylic acids is 2. The van der Waals surface area contributed by atoms with Crippen molar-refractivity contribution in [3.8, 4) is 16.5 Å². The number of ether oxygens (including phenoxy) is 2. The van der Waals surface area contributed by atoms with Gasteiger partial charge in [-0.2, -0.15) is 0 Å². The van der Waals surface area contributed by atoms with E-state index in [2.05, 4.69) is 10.5 Å². The summed E-state index contributed by atoms with van der Waals surface area (Å²) in [5.41, 5.74) is 4.27. The van der Waals surface area contributed by atoms with Gasteiger partial charge in [0.15, 0.2) is 5.78 Å². The number of hydrogen-bond donors (Lipinski definition) is 1. The predicted octanol–water partition coefficient (Wildman–Crippen LogP) is 6.46. The summed E-state index contributed by atoms with van der Waals surface area (Å²) in [6, 6.07) is 25.0. The maximum atomic E-state index is 13.2. The van der Waals surface area contributed by atoms with E-state index in [1.165, 1.54) is 7.11 Å². The molecule has 0 fully saturated rings. The highest BCUT2D eigenvalue weighted by molar-refractivity contribution is 7.15. The molecular formula is C33H31N3O5S. The van der Waals surface area contributed by atoms with Crippen molar-refractivity contribution in [1.29, 1.82) is 0 Å². The number of anilines is 1. The smallest absolute Gasteiger partial charge is 0.328 e. The molecule has 0 radical (unpaired) electrons. The van der Waals surface area contributed by atoms with Crippen LogP contribution in [0.25, 0.3) is 10.7 Å². The lowest BCUT2D eigenvalue weighted by atomic mass is 10.00. The lowest BCUT2D eigenvalue weighted by molar-refractivity contribution is -0.141. The molecule has 8 nitrogen and oxygen atoms in total. The fourth-order valence-electron chi connectivity index (χ4n) is 4.54. The average Bonchev–Trinajstić information content (AvgIpc) is 3.62. The lowest BCUT2D eigenvalue weighted by Gasteiger charge is -2.20. The van der Waals surface area contributed by atoms with Crippen LogP contribution in [0.1, 0.15) is 37.8 Å². The second-order valence-electron chi connectivity index (χ2n) is 9.75. The van der Waals surface area contributed by atoms with Crippen molar-refractivity contribution in [3.63, 3.8) is 0 Å². The van der Waals surface area contributed by atoms with E-state index in [-0.39, 0.29) is 5.78 Å². The van der Waals surface area contributed by atoms with Gasteiger partial charge in [0.05, 0.1) is 19.4 Å². The Balaban J connectivity index is 1.21. The number of methoxy groups -OCH3 is 1. The van der Waals surface area contributed by atoms with E-state index in [9.17, 15) is 9.59 Å². The third-order valence-corrected chi connectivity index (χ3v) is 7.77. The third kappa shape index (κ3) is 6.92. The number of aryl methyl sites for hydroxylation is 2. The van der Waals surface area contributed by atoms with Gasteiger partial charge in [0.25, 0.3) is 0 Å². The number of carbonyl (C=O) groups is 2. The minimum atomic E-state index is -0.693. The van der Waals surface area contributed by atoms with E-state index in [4.69, 9.17) is 19.0 Å². The number of esters is 1. The fraction of sp³-hybridized carbons (Fsp3) is 0.212. The molecule has 2 heterocycles. The first kappa shape index (κ1) is 28.8. The van der Waals surface area contributed by atoms with Crippen LogP contribution in [0.4, 0.5) is 5.69 Å². The van der Waals surface area contributed by atoms with Gasteiger partial charge in [-0.1, -0.05) is 59.8 Å². The Morgan fingerprint density at radius 3 is 2.43 bits per heavy atom. The van der Waals surface area contributed by atoms with E-state index in [0.29, 0.717) is 36.3 Å². The second-order valence-corrected chi connectivity index (χ2v) is 11.0. The van der Waals surface area contributed by atoms with E-state index < -0.39 is 12.0 Å². The third-order valence-electron chi connectivity index (χ3n) is 6.73. The second kappa shape index (κ2) is 13.3. The largest absolute Gasteiger partial charge is 0.493 e.